The van der Waals surface area contributed by atoms with Crippen LogP contribution < -0.4 is 9.46 Å². The SMILES string of the molecule is Cc1noc2ccc(-c3cc(NS(=O)(=O)c4ccc(F)cc4)ccc3Oc3ccc(Cl)cc3F)cc12. The number of aromatic nitrogens is 1. The van der Waals surface area contributed by atoms with Gasteiger partial charge in [-0.3, -0.25) is 4.72 Å². The first-order valence-corrected chi connectivity index (χ1v) is 12.5. The van der Waals surface area contributed by atoms with Crippen LogP contribution in [0, 0.1) is 18.6 Å². The van der Waals surface area contributed by atoms with E-state index in [0.29, 0.717) is 22.4 Å². The molecule has 0 saturated heterocycles. The topological polar surface area (TPSA) is 81.4 Å². The molecule has 1 heterocycles. The van der Waals surface area contributed by atoms with E-state index in [1.165, 1.54) is 36.4 Å². The highest BCUT2D eigenvalue weighted by Crippen LogP contribution is 2.38. The molecule has 5 aromatic rings. The zero-order valence-electron chi connectivity index (χ0n) is 18.6. The van der Waals surface area contributed by atoms with Crippen molar-refractivity contribution in [3.8, 4) is 22.6 Å². The molecule has 5 rings (SSSR count). The Hall–Kier alpha value is -3.95. The molecule has 0 radical (unpaired) electrons. The Bertz CT molecular complexity index is 1700. The number of nitrogens with zero attached hydrogens (tertiary/aromatic N) is 1. The Morgan fingerprint density at radius 3 is 2.42 bits per heavy atom. The Morgan fingerprint density at radius 1 is 0.917 bits per heavy atom. The van der Waals surface area contributed by atoms with Crippen LogP contribution in [0.1, 0.15) is 5.69 Å². The molecule has 4 aromatic carbocycles. The van der Waals surface area contributed by atoms with Gasteiger partial charge in [0.05, 0.1) is 10.6 Å². The van der Waals surface area contributed by atoms with Gasteiger partial charge in [-0.2, -0.15) is 0 Å². The first kappa shape index (κ1) is 23.8. The Kier molecular flexibility index (Phi) is 6.11. The molecule has 6 nitrogen and oxygen atoms in total. The van der Waals surface area contributed by atoms with Crippen molar-refractivity contribution >= 4 is 38.3 Å². The van der Waals surface area contributed by atoms with Gasteiger partial charge < -0.3 is 9.26 Å². The van der Waals surface area contributed by atoms with Crippen LogP contribution in [-0.4, -0.2) is 13.6 Å². The maximum atomic E-state index is 14.5. The van der Waals surface area contributed by atoms with Crippen LogP contribution in [0.15, 0.2) is 88.3 Å². The fourth-order valence-corrected chi connectivity index (χ4v) is 4.85. The summed E-state index contributed by atoms with van der Waals surface area (Å²) in [5, 5.41) is 4.94. The van der Waals surface area contributed by atoms with Crippen molar-refractivity contribution in [3.05, 3.63) is 101 Å². The predicted molar refractivity (Wildman–Crippen MR) is 133 cm³/mol. The zero-order valence-corrected chi connectivity index (χ0v) is 20.2. The molecule has 36 heavy (non-hydrogen) atoms. The van der Waals surface area contributed by atoms with Gasteiger partial charge in [-0.15, -0.1) is 0 Å². The van der Waals surface area contributed by atoms with Gasteiger partial charge in [0.25, 0.3) is 10.0 Å². The van der Waals surface area contributed by atoms with E-state index in [9.17, 15) is 17.2 Å². The lowest BCUT2D eigenvalue weighted by Crippen LogP contribution is -2.13. The molecule has 0 amide bonds. The summed E-state index contributed by atoms with van der Waals surface area (Å²) >= 11 is 5.85. The van der Waals surface area contributed by atoms with Crippen LogP contribution in [-0.2, 0) is 10.0 Å². The molecular weight excluding hydrogens is 510 g/mol. The van der Waals surface area contributed by atoms with Crippen LogP contribution in [0.25, 0.3) is 22.1 Å². The standard InChI is InChI=1S/C26H17ClF2N2O4S/c1-15-21-12-16(2-9-25(21)35-30-15)22-14-19(31-36(32,33)20-7-4-18(28)5-8-20)6-11-24(22)34-26-10-3-17(27)13-23(26)29/h2-14,31H,1H3. The van der Waals surface area contributed by atoms with Crippen LogP contribution in [0.4, 0.5) is 14.5 Å². The van der Waals surface area contributed by atoms with Gasteiger partial charge in [-0.25, -0.2) is 17.2 Å². The number of rotatable bonds is 6. The highest BCUT2D eigenvalue weighted by molar-refractivity contribution is 7.92. The van der Waals surface area contributed by atoms with E-state index in [2.05, 4.69) is 9.88 Å². The van der Waals surface area contributed by atoms with Gasteiger partial charge in [0, 0.05) is 21.7 Å². The van der Waals surface area contributed by atoms with E-state index in [-0.39, 0.29) is 27.1 Å². The Labute approximate surface area is 210 Å². The lowest BCUT2D eigenvalue weighted by atomic mass is 10.0. The second-order valence-corrected chi connectivity index (χ2v) is 10.0. The molecule has 10 heteroatoms. The summed E-state index contributed by atoms with van der Waals surface area (Å²) < 4.78 is 67.0. The molecule has 0 aliphatic heterocycles. The molecule has 0 spiro atoms. The lowest BCUT2D eigenvalue weighted by molar-refractivity contribution is 0.444. The number of nitrogens with one attached hydrogen (secondary N) is 1. The minimum Gasteiger partial charge on any atom is -0.454 e. The average molecular weight is 527 g/mol. The number of aryl methyl sites for hydroxylation is 1. The summed E-state index contributed by atoms with van der Waals surface area (Å²) in [6.45, 7) is 1.79. The van der Waals surface area contributed by atoms with Crippen LogP contribution in [0.2, 0.25) is 5.02 Å². The zero-order chi connectivity index (χ0) is 25.4. The number of anilines is 1. The summed E-state index contributed by atoms with van der Waals surface area (Å²) in [7, 11) is -4.00. The fourth-order valence-electron chi connectivity index (χ4n) is 3.64. The van der Waals surface area contributed by atoms with Gasteiger partial charge in [0.2, 0.25) is 0 Å². The summed E-state index contributed by atoms with van der Waals surface area (Å²) in [5.74, 6) is -0.983. The van der Waals surface area contributed by atoms with Crippen molar-refractivity contribution in [2.45, 2.75) is 11.8 Å². The van der Waals surface area contributed by atoms with E-state index >= 15 is 0 Å². The number of benzene rings is 4. The predicted octanol–water partition coefficient (Wildman–Crippen LogP) is 7.33. The third-order valence-corrected chi connectivity index (χ3v) is 7.06. The second-order valence-electron chi connectivity index (χ2n) is 7.93. The van der Waals surface area contributed by atoms with Gasteiger partial charge >= 0.3 is 0 Å². The highest BCUT2D eigenvalue weighted by Gasteiger charge is 2.18. The fraction of sp³-hybridized carbons (Fsp3) is 0.0385. The van der Waals surface area contributed by atoms with Gasteiger partial charge in [-0.1, -0.05) is 22.8 Å². The van der Waals surface area contributed by atoms with Crippen molar-refractivity contribution in [3.63, 3.8) is 0 Å². The highest BCUT2D eigenvalue weighted by atomic mass is 35.5. The van der Waals surface area contributed by atoms with Crippen molar-refractivity contribution < 1.29 is 26.5 Å². The van der Waals surface area contributed by atoms with Crippen molar-refractivity contribution in [1.29, 1.82) is 0 Å². The number of fused-ring (bicyclic) bond motifs is 1. The van der Waals surface area contributed by atoms with Gasteiger partial charge in [0.15, 0.2) is 17.1 Å². The van der Waals surface area contributed by atoms with E-state index in [1.54, 1.807) is 25.1 Å². The molecule has 0 fully saturated rings. The van der Waals surface area contributed by atoms with Gasteiger partial charge in [-0.05, 0) is 85.3 Å². The first-order chi connectivity index (χ1) is 17.2. The third-order valence-electron chi connectivity index (χ3n) is 5.43. The lowest BCUT2D eigenvalue weighted by Gasteiger charge is -2.15. The Balaban J connectivity index is 1.59. The largest absolute Gasteiger partial charge is 0.454 e. The molecular formula is C26H17ClF2N2O4S. The number of hydrogen-bond donors (Lipinski definition) is 1. The second kappa shape index (κ2) is 9.25. The number of hydrogen-bond acceptors (Lipinski definition) is 5. The van der Waals surface area contributed by atoms with Gasteiger partial charge in [0.1, 0.15) is 11.6 Å². The van der Waals surface area contributed by atoms with E-state index in [1.807, 2.05) is 6.07 Å². The summed E-state index contributed by atoms with van der Waals surface area (Å²) in [5.41, 5.74) is 2.61. The molecule has 182 valence electrons. The van der Waals surface area contributed by atoms with E-state index in [4.69, 9.17) is 20.9 Å². The minimum absolute atomic E-state index is 0.0532. The quantitative estimate of drug-likeness (QED) is 0.250. The van der Waals surface area contributed by atoms with E-state index in [0.717, 1.165) is 23.6 Å². The van der Waals surface area contributed by atoms with Crippen LogP contribution in [0.3, 0.4) is 0 Å². The summed E-state index contributed by atoms with van der Waals surface area (Å²) in [6.07, 6.45) is 0. The maximum Gasteiger partial charge on any atom is 0.261 e. The monoisotopic (exact) mass is 526 g/mol. The summed E-state index contributed by atoms with van der Waals surface area (Å²) in [6, 6.07) is 18.4. The number of sulfonamides is 1. The number of halogens is 3. The molecule has 0 aliphatic carbocycles. The molecule has 0 saturated carbocycles. The molecule has 0 atom stereocenters. The normalized spacial score (nSPS) is 11.6. The third kappa shape index (κ3) is 4.75. The molecule has 0 aliphatic rings. The summed E-state index contributed by atoms with van der Waals surface area (Å²) in [4.78, 5) is -0.101. The molecule has 1 aromatic heterocycles. The maximum absolute atomic E-state index is 14.5. The van der Waals surface area contributed by atoms with Crippen molar-refractivity contribution in [2.24, 2.45) is 0 Å². The van der Waals surface area contributed by atoms with Crippen LogP contribution in [0.5, 0.6) is 11.5 Å². The average Bonchev–Trinajstić information content (AvgIpc) is 3.22. The van der Waals surface area contributed by atoms with Crippen molar-refractivity contribution in [2.75, 3.05) is 4.72 Å². The molecule has 1 N–H and O–H groups in total. The Morgan fingerprint density at radius 2 is 1.67 bits per heavy atom. The minimum atomic E-state index is -4.00. The first-order valence-electron chi connectivity index (χ1n) is 10.6. The molecule has 0 unspecified atom stereocenters. The smallest absolute Gasteiger partial charge is 0.261 e. The van der Waals surface area contributed by atoms with E-state index < -0.39 is 21.7 Å². The van der Waals surface area contributed by atoms with Crippen molar-refractivity contribution in [1.82, 2.24) is 5.16 Å². The van der Waals surface area contributed by atoms with Crippen LogP contribution >= 0.6 is 11.6 Å². The number of ether oxygens (including phenoxy) is 1. The molecule has 0 bridgehead atoms.